The summed E-state index contributed by atoms with van der Waals surface area (Å²) in [6.45, 7) is 6.52. The number of nitrogens with one attached hydrogen (secondary N) is 1. The number of imide groups is 2. The van der Waals surface area contributed by atoms with E-state index < -0.39 is 35.0 Å². The number of ether oxygens (including phenoxy) is 1. The van der Waals surface area contributed by atoms with Gasteiger partial charge in [0, 0.05) is 31.6 Å². The predicted octanol–water partition coefficient (Wildman–Crippen LogP) is 6.75. The molecule has 5 aliphatic rings. The topological polar surface area (TPSA) is 119 Å². The van der Waals surface area contributed by atoms with Crippen LogP contribution in [-0.4, -0.2) is 69.3 Å². The van der Waals surface area contributed by atoms with Crippen molar-refractivity contribution in [2.45, 2.75) is 63.5 Å². The van der Waals surface area contributed by atoms with E-state index in [0.717, 1.165) is 30.8 Å². The first-order valence-electron chi connectivity index (χ1n) is 20.3. The molecule has 57 heavy (non-hydrogen) atoms. The van der Waals surface area contributed by atoms with Gasteiger partial charge in [-0.05, 0) is 86.4 Å². The number of anilines is 1. The maximum absolute atomic E-state index is 15.4. The van der Waals surface area contributed by atoms with Crippen LogP contribution in [0.1, 0.15) is 60.8 Å². The van der Waals surface area contributed by atoms with E-state index in [1.165, 1.54) is 10.6 Å². The van der Waals surface area contributed by atoms with Crippen molar-refractivity contribution in [3.05, 3.63) is 137 Å². The van der Waals surface area contributed by atoms with Gasteiger partial charge in [0.1, 0.15) is 0 Å². The first-order valence-corrected chi connectivity index (χ1v) is 20.3. The molecule has 10 heteroatoms. The number of likely N-dealkylation sites (tertiary alicyclic amines) is 2. The van der Waals surface area contributed by atoms with E-state index in [0.29, 0.717) is 42.7 Å². The van der Waals surface area contributed by atoms with Crippen LogP contribution in [0.25, 0.3) is 0 Å². The summed E-state index contributed by atoms with van der Waals surface area (Å²) in [6.07, 6.45) is 4.08. The number of rotatable bonds is 9. The molecule has 0 aromatic heterocycles. The van der Waals surface area contributed by atoms with Gasteiger partial charge in [-0.1, -0.05) is 96.1 Å². The van der Waals surface area contributed by atoms with Crippen LogP contribution in [0, 0.1) is 30.6 Å². The minimum atomic E-state index is -1.40. The fraction of sp³-hybridized carbons (Fsp3) is 0.362. The number of piperidine rings is 1. The summed E-state index contributed by atoms with van der Waals surface area (Å²) in [5.74, 6) is -4.04. The number of hydrazine groups is 1. The summed E-state index contributed by atoms with van der Waals surface area (Å²) in [5.41, 5.74) is 6.90. The number of hydrogen-bond donors (Lipinski definition) is 2. The molecular weight excluding hydrogens is 717 g/mol. The van der Waals surface area contributed by atoms with E-state index in [9.17, 15) is 19.5 Å². The van der Waals surface area contributed by atoms with Crippen LogP contribution in [0.3, 0.4) is 0 Å². The van der Waals surface area contributed by atoms with Gasteiger partial charge in [-0.3, -0.25) is 34.4 Å². The summed E-state index contributed by atoms with van der Waals surface area (Å²) in [5, 5.41) is 12.0. The molecule has 0 radical (unpaired) electrons. The van der Waals surface area contributed by atoms with Crippen molar-refractivity contribution in [1.29, 1.82) is 0 Å². The highest BCUT2D eigenvalue weighted by molar-refractivity contribution is 6.13. The Morgan fingerprint density at radius 2 is 1.53 bits per heavy atom. The molecule has 4 fully saturated rings. The number of nitrogens with zero attached hydrogens (tertiary/aromatic N) is 3. The smallest absolute Gasteiger partial charge is 0.260 e. The number of aromatic hydroxyl groups is 1. The van der Waals surface area contributed by atoms with Crippen LogP contribution in [0.2, 0.25) is 0 Å². The molecule has 4 aromatic carbocycles. The summed E-state index contributed by atoms with van der Waals surface area (Å²) < 4.78 is 5.88. The molecule has 6 atom stereocenters. The summed E-state index contributed by atoms with van der Waals surface area (Å²) in [6, 6.07) is 32.3. The second-order valence-corrected chi connectivity index (χ2v) is 16.3. The summed E-state index contributed by atoms with van der Waals surface area (Å²) >= 11 is 0. The lowest BCUT2D eigenvalue weighted by atomic mass is 9.49. The van der Waals surface area contributed by atoms with Gasteiger partial charge in [-0.15, -0.1) is 0 Å². The minimum Gasteiger partial charge on any atom is -0.504 e. The molecule has 3 saturated heterocycles. The molecule has 0 spiro atoms. The maximum atomic E-state index is 15.4. The van der Waals surface area contributed by atoms with Crippen molar-refractivity contribution in [2.75, 3.05) is 25.1 Å². The second-order valence-electron chi connectivity index (χ2n) is 16.3. The SMILES string of the molecule is CCOc1cc(C2C3=CCC4C(=O)N(C5CCN(Cc6ccccc6)CC5)C(=O)C4C3CC3C(=O)N(Nc4ccc(C)cc4)C(=O)C32c2ccccc2)ccc1O. The number of carbonyl (C=O) groups is 4. The number of aryl methyl sites for hydroxylation is 1. The Labute approximate surface area is 333 Å². The number of phenols is 1. The van der Waals surface area contributed by atoms with Gasteiger partial charge >= 0.3 is 0 Å². The fourth-order valence-corrected chi connectivity index (χ4v) is 10.7. The van der Waals surface area contributed by atoms with Crippen molar-refractivity contribution >= 4 is 29.3 Å². The van der Waals surface area contributed by atoms with E-state index >= 15 is 4.79 Å². The molecule has 3 heterocycles. The van der Waals surface area contributed by atoms with Crippen molar-refractivity contribution < 1.29 is 29.0 Å². The second kappa shape index (κ2) is 14.6. The Hall–Kier alpha value is -5.74. The van der Waals surface area contributed by atoms with Crippen molar-refractivity contribution in [3.63, 3.8) is 0 Å². The van der Waals surface area contributed by atoms with Crippen LogP contribution >= 0.6 is 0 Å². The number of amides is 4. The third kappa shape index (κ3) is 6.04. The van der Waals surface area contributed by atoms with Crippen LogP contribution in [-0.2, 0) is 31.1 Å². The van der Waals surface area contributed by atoms with E-state index in [4.69, 9.17) is 4.74 Å². The number of phenolic OH excluding ortho intramolecular Hbond substituents is 1. The van der Waals surface area contributed by atoms with E-state index in [2.05, 4.69) is 28.5 Å². The average Bonchev–Trinajstić information content (AvgIpc) is 3.61. The maximum Gasteiger partial charge on any atom is 0.260 e. The van der Waals surface area contributed by atoms with Gasteiger partial charge in [-0.25, -0.2) is 0 Å². The molecule has 6 unspecified atom stereocenters. The number of carbonyl (C=O) groups excluding carboxylic acids is 4. The highest BCUT2D eigenvalue weighted by atomic mass is 16.5. The molecule has 0 bridgehead atoms. The third-order valence-electron chi connectivity index (χ3n) is 13.2. The minimum absolute atomic E-state index is 0.0329. The normalized spacial score (nSPS) is 27.5. The lowest BCUT2D eigenvalue weighted by molar-refractivity contribution is -0.144. The zero-order valence-electron chi connectivity index (χ0n) is 32.3. The molecule has 4 aromatic rings. The van der Waals surface area contributed by atoms with E-state index in [-0.39, 0.29) is 47.6 Å². The lowest BCUT2D eigenvalue weighted by Crippen LogP contribution is -2.53. The van der Waals surface area contributed by atoms with Gasteiger partial charge in [0.2, 0.25) is 11.8 Å². The first kappa shape index (κ1) is 36.9. The Bertz CT molecular complexity index is 2230. The van der Waals surface area contributed by atoms with Crippen molar-refractivity contribution in [3.8, 4) is 11.5 Å². The average molecular weight is 765 g/mol. The molecule has 10 nitrogen and oxygen atoms in total. The number of fused-ring (bicyclic) bond motifs is 4. The van der Waals surface area contributed by atoms with E-state index in [1.54, 1.807) is 23.1 Å². The number of benzene rings is 4. The first-order chi connectivity index (χ1) is 27.7. The standard InChI is InChI=1S/C47H48N4O6/c1-3-57-40-26-31(16-21-39(40)52)42-35-19-20-36-41(45(55)50(43(36)53)34-22-24-49(25-23-34)28-30-10-6-4-7-11-30)37(35)27-38-44(54)51(48-33-17-14-29(2)15-18-33)46(56)47(38,42)32-12-8-5-9-13-32/h4-19,21,26,34,36-38,41-42,48,52H,3,20,22-25,27-28H2,1-2H3. The van der Waals surface area contributed by atoms with Gasteiger partial charge in [0.05, 0.1) is 35.5 Å². The van der Waals surface area contributed by atoms with Crippen LogP contribution in [0.4, 0.5) is 5.69 Å². The largest absolute Gasteiger partial charge is 0.504 e. The zero-order chi connectivity index (χ0) is 39.4. The highest BCUT2D eigenvalue weighted by Crippen LogP contribution is 2.64. The number of hydrogen-bond acceptors (Lipinski definition) is 8. The quantitative estimate of drug-likeness (QED) is 0.142. The van der Waals surface area contributed by atoms with Crippen LogP contribution in [0.5, 0.6) is 11.5 Å². The monoisotopic (exact) mass is 764 g/mol. The number of allylic oxidation sites excluding steroid dienone is 2. The van der Waals surface area contributed by atoms with Gasteiger partial charge < -0.3 is 9.84 Å². The van der Waals surface area contributed by atoms with Crippen LogP contribution < -0.4 is 10.2 Å². The van der Waals surface area contributed by atoms with Crippen molar-refractivity contribution in [1.82, 2.24) is 14.8 Å². The van der Waals surface area contributed by atoms with Gasteiger partial charge in [-0.2, -0.15) is 5.01 Å². The van der Waals surface area contributed by atoms with Crippen LogP contribution in [0.15, 0.2) is 115 Å². The molecule has 3 aliphatic heterocycles. The molecule has 292 valence electrons. The Kier molecular flexibility index (Phi) is 9.47. The lowest BCUT2D eigenvalue weighted by Gasteiger charge is -2.50. The van der Waals surface area contributed by atoms with Gasteiger partial charge in [0.15, 0.2) is 11.5 Å². The third-order valence-corrected chi connectivity index (χ3v) is 13.2. The Morgan fingerprint density at radius 1 is 0.825 bits per heavy atom. The fourth-order valence-electron chi connectivity index (χ4n) is 10.7. The molecule has 9 rings (SSSR count). The molecule has 4 amide bonds. The molecular formula is C47H48N4O6. The van der Waals surface area contributed by atoms with Crippen molar-refractivity contribution in [2.24, 2.45) is 23.7 Å². The Balaban J connectivity index is 1.11. The van der Waals surface area contributed by atoms with Gasteiger partial charge in [0.25, 0.3) is 11.8 Å². The predicted molar refractivity (Wildman–Crippen MR) is 215 cm³/mol. The summed E-state index contributed by atoms with van der Waals surface area (Å²) in [7, 11) is 0. The molecule has 2 aliphatic carbocycles. The molecule has 1 saturated carbocycles. The highest BCUT2D eigenvalue weighted by Gasteiger charge is 2.70. The summed E-state index contributed by atoms with van der Waals surface area (Å²) in [4.78, 5) is 63.6. The zero-order valence-corrected chi connectivity index (χ0v) is 32.3. The Morgan fingerprint density at radius 3 is 2.23 bits per heavy atom. The molecule has 2 N–H and O–H groups in total. The van der Waals surface area contributed by atoms with E-state index in [1.807, 2.05) is 86.6 Å².